The fourth-order valence-electron chi connectivity index (χ4n) is 2.27. The minimum absolute atomic E-state index is 0.208. The average Bonchev–Trinajstić information content (AvgIpc) is 3.03. The molecule has 2 heterocycles. The first-order valence-electron chi connectivity index (χ1n) is 6.01. The molecule has 3 nitrogen and oxygen atoms in total. The summed E-state index contributed by atoms with van der Waals surface area (Å²) in [5.41, 5.74) is 3.38. The highest BCUT2D eigenvalue weighted by molar-refractivity contribution is 7.71. The maximum atomic E-state index is 5.45. The highest BCUT2D eigenvalue weighted by atomic mass is 32.1. The number of fused-ring (bicyclic) bond motifs is 1. The van der Waals surface area contributed by atoms with Gasteiger partial charge in [0, 0.05) is 6.07 Å². The summed E-state index contributed by atoms with van der Waals surface area (Å²) in [6.45, 7) is 2.16. The van der Waals surface area contributed by atoms with E-state index in [1.54, 1.807) is 18.4 Å². The van der Waals surface area contributed by atoms with Crippen molar-refractivity contribution in [3.8, 4) is 5.75 Å². The minimum Gasteiger partial charge on any atom is -0.497 e. The minimum atomic E-state index is 0.208. The van der Waals surface area contributed by atoms with E-state index in [-0.39, 0.29) is 6.04 Å². The number of hydrogen-bond acceptors (Lipinski definition) is 3. The molecule has 0 amide bonds. The van der Waals surface area contributed by atoms with Crippen LogP contribution in [0.4, 0.5) is 0 Å². The van der Waals surface area contributed by atoms with Crippen LogP contribution in [-0.2, 0) is 0 Å². The zero-order valence-corrected chi connectivity index (χ0v) is 12.3. The highest BCUT2D eigenvalue weighted by Gasteiger charge is 2.13. The van der Waals surface area contributed by atoms with E-state index < -0.39 is 0 Å². The Bertz CT molecular complexity index is 755. The number of imidazole rings is 1. The molecular formula is C14H14N2OS2. The van der Waals surface area contributed by atoms with Gasteiger partial charge in [-0.2, -0.15) is 11.3 Å². The summed E-state index contributed by atoms with van der Waals surface area (Å²) in [4.78, 5) is 3.25. The molecule has 1 aromatic carbocycles. The van der Waals surface area contributed by atoms with Crippen molar-refractivity contribution in [1.29, 1.82) is 0 Å². The van der Waals surface area contributed by atoms with Gasteiger partial charge in [-0.1, -0.05) is 0 Å². The Morgan fingerprint density at radius 2 is 2.21 bits per heavy atom. The second kappa shape index (κ2) is 4.83. The van der Waals surface area contributed by atoms with Crippen molar-refractivity contribution >= 4 is 34.6 Å². The first-order valence-corrected chi connectivity index (χ1v) is 7.36. The topological polar surface area (TPSA) is 29.9 Å². The van der Waals surface area contributed by atoms with Crippen LogP contribution < -0.4 is 4.74 Å². The fraction of sp³-hybridized carbons (Fsp3) is 0.214. The van der Waals surface area contributed by atoms with Crippen molar-refractivity contribution in [3.05, 3.63) is 45.4 Å². The van der Waals surface area contributed by atoms with E-state index in [1.165, 1.54) is 5.56 Å². The van der Waals surface area contributed by atoms with Gasteiger partial charge in [0.05, 0.1) is 24.2 Å². The van der Waals surface area contributed by atoms with Crippen LogP contribution in [0.5, 0.6) is 5.75 Å². The van der Waals surface area contributed by atoms with Gasteiger partial charge in [0.1, 0.15) is 5.75 Å². The molecule has 3 aromatic rings. The second-order valence-electron chi connectivity index (χ2n) is 4.42. The largest absolute Gasteiger partial charge is 0.497 e. The molecule has 1 atom stereocenters. The van der Waals surface area contributed by atoms with Gasteiger partial charge >= 0.3 is 0 Å². The maximum Gasteiger partial charge on any atom is 0.178 e. The van der Waals surface area contributed by atoms with E-state index in [0.29, 0.717) is 0 Å². The SMILES string of the molecule is COc1ccc2[nH]c(=S)n(C(C)c3ccsc3)c2c1. The van der Waals surface area contributed by atoms with Crippen LogP contribution >= 0.6 is 23.6 Å². The van der Waals surface area contributed by atoms with Gasteiger partial charge in [-0.3, -0.25) is 0 Å². The van der Waals surface area contributed by atoms with Gasteiger partial charge < -0.3 is 14.3 Å². The van der Waals surface area contributed by atoms with Crippen molar-refractivity contribution in [2.24, 2.45) is 0 Å². The van der Waals surface area contributed by atoms with Gasteiger partial charge in [0.15, 0.2) is 4.77 Å². The molecular weight excluding hydrogens is 276 g/mol. The molecule has 0 saturated heterocycles. The summed E-state index contributed by atoms with van der Waals surface area (Å²) in [7, 11) is 1.68. The lowest BCUT2D eigenvalue weighted by molar-refractivity contribution is 0.415. The molecule has 0 fully saturated rings. The highest BCUT2D eigenvalue weighted by Crippen LogP contribution is 2.28. The molecule has 19 heavy (non-hydrogen) atoms. The van der Waals surface area contributed by atoms with Gasteiger partial charge in [-0.25, -0.2) is 0 Å². The van der Waals surface area contributed by atoms with Gasteiger partial charge in [-0.05, 0) is 53.7 Å². The average molecular weight is 290 g/mol. The molecule has 98 valence electrons. The molecule has 2 aromatic heterocycles. The summed E-state index contributed by atoms with van der Waals surface area (Å²) < 4.78 is 8.17. The first kappa shape index (κ1) is 12.4. The normalized spacial score (nSPS) is 12.7. The van der Waals surface area contributed by atoms with Crippen LogP contribution in [0.25, 0.3) is 11.0 Å². The van der Waals surface area contributed by atoms with Crippen molar-refractivity contribution in [2.75, 3.05) is 7.11 Å². The van der Waals surface area contributed by atoms with Crippen molar-refractivity contribution < 1.29 is 4.74 Å². The number of aromatic amines is 1. The van der Waals surface area contributed by atoms with Gasteiger partial charge in [0.2, 0.25) is 0 Å². The molecule has 0 radical (unpaired) electrons. The quantitative estimate of drug-likeness (QED) is 0.726. The third kappa shape index (κ3) is 2.09. The lowest BCUT2D eigenvalue weighted by Crippen LogP contribution is -2.05. The van der Waals surface area contributed by atoms with E-state index in [2.05, 4.69) is 33.3 Å². The number of methoxy groups -OCH3 is 1. The van der Waals surface area contributed by atoms with Crippen LogP contribution in [0.2, 0.25) is 0 Å². The van der Waals surface area contributed by atoms with E-state index in [9.17, 15) is 0 Å². The van der Waals surface area contributed by atoms with Crippen molar-refractivity contribution in [3.63, 3.8) is 0 Å². The summed E-state index contributed by atoms with van der Waals surface area (Å²) in [5.74, 6) is 0.841. The Morgan fingerprint density at radius 3 is 2.89 bits per heavy atom. The van der Waals surface area contributed by atoms with Gasteiger partial charge in [-0.15, -0.1) is 0 Å². The van der Waals surface area contributed by atoms with Crippen LogP contribution in [0, 0.1) is 4.77 Å². The lowest BCUT2D eigenvalue weighted by Gasteiger charge is -2.13. The Kier molecular flexibility index (Phi) is 3.16. The number of thiophene rings is 1. The number of rotatable bonds is 3. The smallest absolute Gasteiger partial charge is 0.178 e. The van der Waals surface area contributed by atoms with E-state index in [1.807, 2.05) is 18.2 Å². The number of benzene rings is 1. The summed E-state index contributed by atoms with van der Waals surface area (Å²) >= 11 is 7.15. The Hall–Kier alpha value is -1.59. The van der Waals surface area contributed by atoms with E-state index in [4.69, 9.17) is 17.0 Å². The number of aromatic nitrogens is 2. The third-order valence-electron chi connectivity index (χ3n) is 3.34. The lowest BCUT2D eigenvalue weighted by atomic mass is 10.1. The Labute approximate surface area is 120 Å². The fourth-order valence-corrected chi connectivity index (χ4v) is 3.39. The third-order valence-corrected chi connectivity index (χ3v) is 4.34. The standard InChI is InChI=1S/C14H14N2OS2/c1-9(10-5-6-19-8-10)16-13-7-11(17-2)3-4-12(13)15-14(16)18/h3-9H,1-2H3,(H,15,18). The molecule has 0 saturated carbocycles. The number of hydrogen-bond donors (Lipinski definition) is 1. The van der Waals surface area contributed by atoms with E-state index >= 15 is 0 Å². The van der Waals surface area contributed by atoms with Crippen molar-refractivity contribution in [1.82, 2.24) is 9.55 Å². The number of H-pyrrole nitrogens is 1. The summed E-state index contributed by atoms with van der Waals surface area (Å²) in [5, 5.41) is 4.25. The zero-order valence-electron chi connectivity index (χ0n) is 10.7. The number of nitrogens with one attached hydrogen (secondary N) is 1. The first-order chi connectivity index (χ1) is 9.20. The molecule has 0 bridgehead atoms. The molecule has 0 aliphatic heterocycles. The predicted octanol–water partition coefficient (Wildman–Crippen LogP) is 4.38. The second-order valence-corrected chi connectivity index (χ2v) is 5.58. The zero-order chi connectivity index (χ0) is 13.4. The molecule has 0 aliphatic rings. The molecule has 1 unspecified atom stereocenters. The van der Waals surface area contributed by atoms with Crippen molar-refractivity contribution in [2.45, 2.75) is 13.0 Å². The summed E-state index contributed by atoms with van der Waals surface area (Å²) in [6, 6.07) is 8.30. The Balaban J connectivity index is 2.22. The Morgan fingerprint density at radius 1 is 1.37 bits per heavy atom. The molecule has 3 rings (SSSR count). The van der Waals surface area contributed by atoms with Crippen LogP contribution in [-0.4, -0.2) is 16.7 Å². The van der Waals surface area contributed by atoms with Gasteiger partial charge in [0.25, 0.3) is 0 Å². The number of ether oxygens (including phenoxy) is 1. The molecule has 1 N–H and O–H groups in total. The van der Waals surface area contributed by atoms with E-state index in [0.717, 1.165) is 21.6 Å². The maximum absolute atomic E-state index is 5.45. The monoisotopic (exact) mass is 290 g/mol. The molecule has 5 heteroatoms. The summed E-state index contributed by atoms with van der Waals surface area (Å²) in [6.07, 6.45) is 0. The van der Waals surface area contributed by atoms with Crippen LogP contribution in [0.3, 0.4) is 0 Å². The van der Waals surface area contributed by atoms with Crippen LogP contribution in [0.1, 0.15) is 18.5 Å². The predicted molar refractivity (Wildman–Crippen MR) is 81.8 cm³/mol. The molecule has 0 spiro atoms. The number of nitrogens with zero attached hydrogens (tertiary/aromatic N) is 1. The molecule has 0 aliphatic carbocycles. The van der Waals surface area contributed by atoms with Crippen LogP contribution in [0.15, 0.2) is 35.0 Å².